The molecule has 0 unspecified atom stereocenters. The maximum Gasteiger partial charge on any atom is 0.209 e. The van der Waals surface area contributed by atoms with E-state index in [1.165, 1.54) is 18.2 Å². The molecule has 0 aliphatic rings. The highest BCUT2D eigenvalue weighted by molar-refractivity contribution is 7.90. The van der Waals surface area contributed by atoms with Crippen molar-refractivity contribution in [2.45, 2.75) is 4.90 Å². The van der Waals surface area contributed by atoms with Gasteiger partial charge in [0, 0.05) is 11.9 Å². The largest absolute Gasteiger partial charge is 0.407 e. The van der Waals surface area contributed by atoms with Crippen molar-refractivity contribution < 1.29 is 8.42 Å². The van der Waals surface area contributed by atoms with E-state index in [0.29, 0.717) is 0 Å². The molecule has 0 aliphatic carbocycles. The van der Waals surface area contributed by atoms with E-state index in [9.17, 15) is 8.42 Å². The first-order valence-corrected chi connectivity index (χ1v) is 5.31. The Labute approximate surface area is 76.7 Å². The predicted octanol–water partition coefficient (Wildman–Crippen LogP) is 1.22. The molecule has 0 atom stereocenters. The van der Waals surface area contributed by atoms with Crippen LogP contribution in [0.4, 0.5) is 11.4 Å². The summed E-state index contributed by atoms with van der Waals surface area (Å²) in [5.41, 5.74) is 5.91. The van der Waals surface area contributed by atoms with Crippen LogP contribution in [0.2, 0.25) is 0 Å². The molecule has 0 heterocycles. The molecule has 2 N–H and O–H groups in total. The van der Waals surface area contributed by atoms with Crippen LogP contribution in [0.25, 0.3) is 4.85 Å². The number of nitrogen functional groups attached to an aromatic ring is 1. The van der Waals surface area contributed by atoms with Gasteiger partial charge in [0.1, 0.15) is 0 Å². The molecule has 13 heavy (non-hydrogen) atoms. The first-order chi connectivity index (χ1) is 5.95. The van der Waals surface area contributed by atoms with E-state index in [0.717, 1.165) is 6.26 Å². The number of sulfone groups is 1. The third kappa shape index (κ3) is 1.98. The fourth-order valence-corrected chi connectivity index (χ4v) is 1.52. The minimum absolute atomic E-state index is 0.136. The highest BCUT2D eigenvalue weighted by atomic mass is 32.2. The van der Waals surface area contributed by atoms with Crippen LogP contribution in [0.3, 0.4) is 0 Å². The normalized spacial score (nSPS) is 10.8. The highest BCUT2D eigenvalue weighted by Crippen LogP contribution is 2.24. The van der Waals surface area contributed by atoms with Gasteiger partial charge in [0.05, 0.1) is 11.5 Å². The highest BCUT2D eigenvalue weighted by Gasteiger charge is 2.08. The number of benzene rings is 1. The van der Waals surface area contributed by atoms with Crippen LogP contribution >= 0.6 is 0 Å². The van der Waals surface area contributed by atoms with Crippen molar-refractivity contribution in [2.75, 3.05) is 12.0 Å². The summed E-state index contributed by atoms with van der Waals surface area (Å²) in [6.07, 6.45) is 1.10. The lowest BCUT2D eigenvalue weighted by Crippen LogP contribution is -1.97. The Balaban J connectivity index is 3.36. The maximum atomic E-state index is 11.1. The third-order valence-electron chi connectivity index (χ3n) is 1.55. The molecule has 0 spiro atoms. The van der Waals surface area contributed by atoms with Crippen LogP contribution in [0.15, 0.2) is 23.1 Å². The fraction of sp³-hybridized carbons (Fsp3) is 0.125. The summed E-state index contributed by atoms with van der Waals surface area (Å²) in [4.78, 5) is 3.26. The molecule has 4 nitrogen and oxygen atoms in total. The summed E-state index contributed by atoms with van der Waals surface area (Å²) in [5.74, 6) is 0. The second-order valence-electron chi connectivity index (χ2n) is 2.60. The Morgan fingerprint density at radius 2 is 2.08 bits per heavy atom. The van der Waals surface area contributed by atoms with Crippen LogP contribution in [0.5, 0.6) is 0 Å². The zero-order valence-electron chi connectivity index (χ0n) is 6.98. The van der Waals surface area contributed by atoms with Crippen molar-refractivity contribution in [1.29, 1.82) is 0 Å². The Kier molecular flexibility index (Phi) is 2.26. The van der Waals surface area contributed by atoms with E-state index in [1.807, 2.05) is 0 Å². The molecule has 0 saturated carbocycles. The predicted molar refractivity (Wildman–Crippen MR) is 50.2 cm³/mol. The van der Waals surface area contributed by atoms with E-state index in [4.69, 9.17) is 12.3 Å². The van der Waals surface area contributed by atoms with Crippen LogP contribution in [-0.4, -0.2) is 14.7 Å². The van der Waals surface area contributed by atoms with Crippen molar-refractivity contribution >= 4 is 21.2 Å². The molecule has 68 valence electrons. The van der Waals surface area contributed by atoms with Gasteiger partial charge >= 0.3 is 0 Å². The first-order valence-electron chi connectivity index (χ1n) is 3.42. The van der Waals surface area contributed by atoms with Gasteiger partial charge in [0.25, 0.3) is 0 Å². The molecule has 0 aromatic heterocycles. The molecule has 0 amide bonds. The molecule has 0 radical (unpaired) electrons. The van der Waals surface area contributed by atoms with Gasteiger partial charge in [-0.2, -0.15) is 0 Å². The zero-order chi connectivity index (χ0) is 10.1. The van der Waals surface area contributed by atoms with Crippen LogP contribution < -0.4 is 5.73 Å². The van der Waals surface area contributed by atoms with Gasteiger partial charge in [-0.3, -0.25) is 0 Å². The Morgan fingerprint density at radius 1 is 1.46 bits per heavy atom. The van der Waals surface area contributed by atoms with Gasteiger partial charge in [-0.1, -0.05) is 12.1 Å². The van der Waals surface area contributed by atoms with Crippen molar-refractivity contribution in [1.82, 2.24) is 0 Å². The van der Waals surface area contributed by atoms with Crippen molar-refractivity contribution in [3.05, 3.63) is 29.6 Å². The lowest BCUT2D eigenvalue weighted by molar-refractivity contribution is 0.602. The minimum Gasteiger partial charge on any atom is -0.407 e. The van der Waals surface area contributed by atoms with Gasteiger partial charge in [-0.05, 0) is 6.07 Å². The van der Waals surface area contributed by atoms with E-state index in [-0.39, 0.29) is 16.3 Å². The average Bonchev–Trinajstić information content (AvgIpc) is 2.02. The second-order valence-corrected chi connectivity index (χ2v) is 4.62. The molecule has 0 aliphatic heterocycles. The number of hydrogen-bond donors (Lipinski definition) is 1. The molecule has 0 saturated heterocycles. The molecule has 0 fully saturated rings. The molecule has 0 bridgehead atoms. The summed E-state index contributed by atoms with van der Waals surface area (Å²) in [7, 11) is -3.23. The van der Waals surface area contributed by atoms with E-state index < -0.39 is 9.84 Å². The molecule has 5 heteroatoms. The molecular weight excluding hydrogens is 188 g/mol. The summed E-state index contributed by atoms with van der Waals surface area (Å²) < 4.78 is 22.1. The Hall–Kier alpha value is -1.54. The fourth-order valence-electron chi connectivity index (χ4n) is 0.865. The molecular formula is C8H8N2O2S. The summed E-state index contributed by atoms with van der Waals surface area (Å²) in [6.45, 7) is 6.71. The maximum absolute atomic E-state index is 11.1. The smallest absolute Gasteiger partial charge is 0.209 e. The topological polar surface area (TPSA) is 64.5 Å². The monoisotopic (exact) mass is 196 g/mol. The third-order valence-corrected chi connectivity index (χ3v) is 2.66. The number of rotatable bonds is 1. The number of nitrogens with two attached hydrogens (primary N) is 1. The quantitative estimate of drug-likeness (QED) is 0.542. The number of hydrogen-bond acceptors (Lipinski definition) is 3. The molecule has 1 rings (SSSR count). The van der Waals surface area contributed by atoms with E-state index >= 15 is 0 Å². The van der Waals surface area contributed by atoms with Crippen molar-refractivity contribution in [3.63, 3.8) is 0 Å². The summed E-state index contributed by atoms with van der Waals surface area (Å²) >= 11 is 0. The van der Waals surface area contributed by atoms with E-state index in [1.54, 1.807) is 0 Å². The van der Waals surface area contributed by atoms with Crippen molar-refractivity contribution in [3.8, 4) is 0 Å². The number of nitrogens with zero attached hydrogens (tertiary/aromatic N) is 1. The standard InChI is InChI=1S/C8H8N2O2S/c1-10-8-4-3-6(5-7(8)9)13(2,11)12/h3-5H,9H2,2H3. The zero-order valence-corrected chi connectivity index (χ0v) is 7.80. The van der Waals surface area contributed by atoms with Gasteiger partial charge in [0.15, 0.2) is 9.84 Å². The Bertz CT molecular complexity index is 471. The molecule has 1 aromatic carbocycles. The molecule has 1 aromatic rings. The lowest BCUT2D eigenvalue weighted by atomic mass is 10.3. The minimum atomic E-state index is -3.23. The average molecular weight is 196 g/mol. The Morgan fingerprint density at radius 3 is 2.46 bits per heavy atom. The summed E-state index contributed by atoms with van der Waals surface area (Å²) in [5, 5.41) is 0. The summed E-state index contributed by atoms with van der Waals surface area (Å²) in [6, 6.07) is 4.07. The van der Waals surface area contributed by atoms with Gasteiger partial charge in [-0.15, -0.1) is 0 Å². The van der Waals surface area contributed by atoms with Gasteiger partial charge in [0.2, 0.25) is 5.69 Å². The van der Waals surface area contributed by atoms with Gasteiger partial charge < -0.3 is 5.73 Å². The SMILES string of the molecule is [C-]#[N+]c1ccc(S(C)(=O)=O)cc1N. The second kappa shape index (κ2) is 3.07. The lowest BCUT2D eigenvalue weighted by Gasteiger charge is -2.00. The number of anilines is 1. The van der Waals surface area contributed by atoms with Gasteiger partial charge in [-0.25, -0.2) is 13.3 Å². The van der Waals surface area contributed by atoms with E-state index in [2.05, 4.69) is 4.85 Å². The first kappa shape index (κ1) is 9.55. The van der Waals surface area contributed by atoms with Crippen LogP contribution in [-0.2, 0) is 9.84 Å². The van der Waals surface area contributed by atoms with Crippen LogP contribution in [0, 0.1) is 6.57 Å². The van der Waals surface area contributed by atoms with Crippen LogP contribution in [0.1, 0.15) is 0 Å². The van der Waals surface area contributed by atoms with Crippen molar-refractivity contribution in [2.24, 2.45) is 0 Å².